The fourth-order valence-corrected chi connectivity index (χ4v) is 3.84. The smallest absolute Gasteiger partial charge is 0.301 e. The first-order valence-electron chi connectivity index (χ1n) is 8.34. The number of rotatable bonds is 4. The number of hydrogen-bond donors (Lipinski definition) is 1. The number of nitrogens with one attached hydrogen (secondary N) is 1. The summed E-state index contributed by atoms with van der Waals surface area (Å²) in [6, 6.07) is 15.8. The molecule has 0 atom stereocenters. The maximum Gasteiger partial charge on any atom is 0.301 e. The first-order chi connectivity index (χ1) is 13.2. The Morgan fingerprint density at radius 3 is 2.81 bits per heavy atom. The van der Waals surface area contributed by atoms with E-state index in [1.54, 1.807) is 23.1 Å². The maximum atomic E-state index is 5.76. The lowest BCUT2D eigenvalue weighted by atomic mass is 10.3. The summed E-state index contributed by atoms with van der Waals surface area (Å²) in [5.41, 5.74) is 3.30. The molecule has 5 aromatic rings. The zero-order valence-electron chi connectivity index (χ0n) is 14.6. The summed E-state index contributed by atoms with van der Waals surface area (Å²) >= 11 is 1.54. The van der Waals surface area contributed by atoms with Crippen LogP contribution in [0.5, 0.6) is 5.75 Å². The van der Waals surface area contributed by atoms with Gasteiger partial charge in [0.1, 0.15) is 17.1 Å². The number of thiazole rings is 1. The van der Waals surface area contributed by atoms with Crippen molar-refractivity contribution in [3.8, 4) is 10.9 Å². The zero-order chi connectivity index (χ0) is 18.4. The number of methoxy groups -OCH3 is 1. The first-order valence-corrected chi connectivity index (χ1v) is 9.15. The molecule has 0 radical (unpaired) electrons. The number of aryl methyl sites for hydroxylation is 1. The molecule has 0 saturated heterocycles. The molecule has 0 aliphatic heterocycles. The summed E-state index contributed by atoms with van der Waals surface area (Å²) in [5.74, 6) is 1.55. The molecule has 1 N–H and O–H groups in total. The molecule has 0 amide bonds. The summed E-state index contributed by atoms with van der Waals surface area (Å²) in [6.45, 7) is 1.93. The molecule has 0 unspecified atom stereocenters. The third-order valence-corrected chi connectivity index (χ3v) is 5.12. The number of para-hydroxylation sites is 2. The molecule has 0 fully saturated rings. The topological polar surface area (TPSA) is 78.0 Å². The van der Waals surface area contributed by atoms with E-state index >= 15 is 0 Å². The minimum absolute atomic E-state index is 0.417. The van der Waals surface area contributed by atoms with Gasteiger partial charge in [0.15, 0.2) is 5.58 Å². The van der Waals surface area contributed by atoms with Crippen LogP contribution >= 0.6 is 11.3 Å². The number of hydrogen-bond acceptors (Lipinski definition) is 7. The highest BCUT2D eigenvalue weighted by Crippen LogP contribution is 2.31. The van der Waals surface area contributed by atoms with E-state index in [2.05, 4.69) is 20.4 Å². The number of ether oxygens (including phenoxy) is 1. The van der Waals surface area contributed by atoms with Crippen molar-refractivity contribution in [2.75, 3.05) is 12.4 Å². The average Bonchev–Trinajstić information content (AvgIpc) is 3.36. The summed E-state index contributed by atoms with van der Waals surface area (Å²) in [5, 5.41) is 8.54. The summed E-state index contributed by atoms with van der Waals surface area (Å²) in [6.07, 6.45) is 0. The molecule has 134 valence electrons. The predicted octanol–water partition coefficient (Wildman–Crippen LogP) is 4.68. The van der Waals surface area contributed by atoms with Gasteiger partial charge in [-0.3, -0.25) is 5.32 Å². The lowest BCUT2D eigenvalue weighted by Gasteiger charge is -2.03. The predicted molar refractivity (Wildman–Crippen MR) is 105 cm³/mol. The molecule has 0 aliphatic carbocycles. The van der Waals surface area contributed by atoms with Gasteiger partial charge in [-0.1, -0.05) is 23.5 Å². The van der Waals surface area contributed by atoms with E-state index in [0.717, 1.165) is 43.7 Å². The Bertz CT molecular complexity index is 1240. The number of oxazole rings is 1. The van der Waals surface area contributed by atoms with Gasteiger partial charge >= 0.3 is 6.01 Å². The standard InChI is InChI=1S/C19H15N5O2S/c1-11-9-17(22-18-20-13-5-3-4-6-15(13)26-18)24(23-11)19-21-14-8-7-12(25-2)10-16(14)27-19/h3-10H,1-2H3,(H,20,22). The fourth-order valence-electron chi connectivity index (χ4n) is 2.88. The van der Waals surface area contributed by atoms with Gasteiger partial charge in [0, 0.05) is 6.07 Å². The van der Waals surface area contributed by atoms with Crippen LogP contribution in [0.4, 0.5) is 11.8 Å². The number of nitrogens with zero attached hydrogens (tertiary/aromatic N) is 4. The molecule has 0 saturated carbocycles. The van der Waals surface area contributed by atoms with Crippen molar-refractivity contribution in [3.63, 3.8) is 0 Å². The summed E-state index contributed by atoms with van der Waals surface area (Å²) < 4.78 is 13.9. The molecular weight excluding hydrogens is 362 g/mol. The third kappa shape index (κ3) is 2.80. The van der Waals surface area contributed by atoms with Gasteiger partial charge in [-0.05, 0) is 37.3 Å². The number of anilines is 2. The van der Waals surface area contributed by atoms with Crippen LogP contribution in [0, 0.1) is 6.92 Å². The van der Waals surface area contributed by atoms with Crippen molar-refractivity contribution in [3.05, 3.63) is 54.2 Å². The Kier molecular flexibility index (Phi) is 3.58. The van der Waals surface area contributed by atoms with Crippen LogP contribution in [0.25, 0.3) is 26.4 Å². The number of aromatic nitrogens is 4. The SMILES string of the molecule is COc1ccc2nc(-n3nc(C)cc3Nc3nc4ccccc4o3)sc2c1. The molecule has 0 aliphatic rings. The lowest BCUT2D eigenvalue weighted by Crippen LogP contribution is -2.02. The van der Waals surface area contributed by atoms with Crippen LogP contribution in [0.1, 0.15) is 5.69 Å². The minimum Gasteiger partial charge on any atom is -0.497 e. The second kappa shape index (κ2) is 6.10. The molecule has 3 aromatic heterocycles. The second-order valence-corrected chi connectivity index (χ2v) is 7.03. The van der Waals surface area contributed by atoms with Crippen molar-refractivity contribution < 1.29 is 9.15 Å². The summed E-state index contributed by atoms with van der Waals surface area (Å²) in [4.78, 5) is 9.15. The van der Waals surface area contributed by atoms with E-state index in [4.69, 9.17) is 9.15 Å². The first kappa shape index (κ1) is 15.8. The second-order valence-electron chi connectivity index (χ2n) is 6.02. The quantitative estimate of drug-likeness (QED) is 0.490. The Morgan fingerprint density at radius 1 is 1.07 bits per heavy atom. The fraction of sp³-hybridized carbons (Fsp3) is 0.105. The Hall–Kier alpha value is -3.39. The van der Waals surface area contributed by atoms with Crippen LogP contribution in [-0.2, 0) is 0 Å². The van der Waals surface area contributed by atoms with Crippen molar-refractivity contribution in [1.82, 2.24) is 19.7 Å². The van der Waals surface area contributed by atoms with Crippen molar-refractivity contribution in [2.45, 2.75) is 6.92 Å². The monoisotopic (exact) mass is 377 g/mol. The minimum atomic E-state index is 0.417. The van der Waals surface area contributed by atoms with Crippen molar-refractivity contribution >= 4 is 44.5 Å². The molecule has 27 heavy (non-hydrogen) atoms. The van der Waals surface area contributed by atoms with Gasteiger partial charge in [-0.25, -0.2) is 4.98 Å². The molecule has 5 rings (SSSR count). The molecule has 7 nitrogen and oxygen atoms in total. The van der Waals surface area contributed by atoms with E-state index in [1.807, 2.05) is 55.5 Å². The van der Waals surface area contributed by atoms with Gasteiger partial charge in [-0.2, -0.15) is 14.8 Å². The average molecular weight is 377 g/mol. The van der Waals surface area contributed by atoms with Gasteiger partial charge in [0.2, 0.25) is 5.13 Å². The molecule has 2 aromatic carbocycles. The van der Waals surface area contributed by atoms with Crippen molar-refractivity contribution in [2.24, 2.45) is 0 Å². The number of benzene rings is 2. The Labute approximate surface area is 158 Å². The van der Waals surface area contributed by atoms with E-state index in [9.17, 15) is 0 Å². The molecule has 8 heteroatoms. The van der Waals surface area contributed by atoms with Crippen LogP contribution in [-0.4, -0.2) is 26.9 Å². The number of fused-ring (bicyclic) bond motifs is 2. The highest BCUT2D eigenvalue weighted by atomic mass is 32.1. The molecule has 0 bridgehead atoms. The van der Waals surface area contributed by atoms with Crippen LogP contribution in [0.3, 0.4) is 0 Å². The molecule has 3 heterocycles. The van der Waals surface area contributed by atoms with E-state index in [1.165, 1.54) is 0 Å². The molecular formula is C19H15N5O2S. The Morgan fingerprint density at radius 2 is 1.96 bits per heavy atom. The van der Waals surface area contributed by atoms with Crippen LogP contribution in [0.2, 0.25) is 0 Å². The van der Waals surface area contributed by atoms with Crippen molar-refractivity contribution in [1.29, 1.82) is 0 Å². The molecule has 0 spiro atoms. The van der Waals surface area contributed by atoms with Gasteiger partial charge in [0.25, 0.3) is 0 Å². The Balaban J connectivity index is 1.55. The zero-order valence-corrected chi connectivity index (χ0v) is 15.4. The normalized spacial score (nSPS) is 11.3. The van der Waals surface area contributed by atoms with Crippen LogP contribution in [0.15, 0.2) is 52.9 Å². The summed E-state index contributed by atoms with van der Waals surface area (Å²) in [7, 11) is 1.66. The third-order valence-electron chi connectivity index (χ3n) is 4.13. The van der Waals surface area contributed by atoms with E-state index in [0.29, 0.717) is 6.01 Å². The van der Waals surface area contributed by atoms with Gasteiger partial charge < -0.3 is 9.15 Å². The van der Waals surface area contributed by atoms with Gasteiger partial charge in [-0.15, -0.1) is 0 Å². The van der Waals surface area contributed by atoms with E-state index < -0.39 is 0 Å². The lowest BCUT2D eigenvalue weighted by molar-refractivity contribution is 0.415. The maximum absolute atomic E-state index is 5.76. The van der Waals surface area contributed by atoms with E-state index in [-0.39, 0.29) is 0 Å². The largest absolute Gasteiger partial charge is 0.497 e. The highest BCUT2D eigenvalue weighted by Gasteiger charge is 2.15. The van der Waals surface area contributed by atoms with Crippen LogP contribution < -0.4 is 10.1 Å². The highest BCUT2D eigenvalue weighted by molar-refractivity contribution is 7.20. The van der Waals surface area contributed by atoms with Gasteiger partial charge in [0.05, 0.1) is 23.0 Å².